The first kappa shape index (κ1) is 23.1. The lowest BCUT2D eigenvalue weighted by molar-refractivity contribution is -0.144. The van der Waals surface area contributed by atoms with Crippen LogP contribution in [0.5, 0.6) is 0 Å². The Balaban J connectivity index is 2.21. The second kappa shape index (κ2) is 7.53. The van der Waals surface area contributed by atoms with Crippen LogP contribution in [0.15, 0.2) is 42.6 Å². The Labute approximate surface area is 171 Å². The molecule has 2 heterocycles. The smallest absolute Gasteiger partial charge is 0.434 e. The lowest BCUT2D eigenvalue weighted by Gasteiger charge is -2.15. The van der Waals surface area contributed by atoms with E-state index in [1.807, 2.05) is 0 Å². The fraction of sp³-hybridized carbons (Fsp3) is 0.167. The van der Waals surface area contributed by atoms with E-state index in [4.69, 9.17) is 5.11 Å². The zero-order chi connectivity index (χ0) is 24.1. The van der Waals surface area contributed by atoms with Crippen molar-refractivity contribution in [1.29, 1.82) is 0 Å². The molecule has 3 rings (SSSR count). The molecule has 0 amide bonds. The van der Waals surface area contributed by atoms with Crippen molar-refractivity contribution in [3.05, 3.63) is 65.0 Å². The summed E-state index contributed by atoms with van der Waals surface area (Å²) in [5.74, 6) is -2.62. The van der Waals surface area contributed by atoms with Gasteiger partial charge in [-0.05, 0) is 30.3 Å². The largest absolute Gasteiger partial charge is 0.478 e. The maximum Gasteiger partial charge on any atom is 0.434 e. The van der Waals surface area contributed by atoms with Crippen molar-refractivity contribution < 1.29 is 49.4 Å². The Kier molecular flexibility index (Phi) is 5.43. The second-order valence-electron chi connectivity index (χ2n) is 6.30. The van der Waals surface area contributed by atoms with Gasteiger partial charge in [-0.3, -0.25) is 0 Å². The van der Waals surface area contributed by atoms with Crippen LogP contribution in [0.1, 0.15) is 27.2 Å². The van der Waals surface area contributed by atoms with Gasteiger partial charge < -0.3 is 5.11 Å². The first-order valence-corrected chi connectivity index (χ1v) is 8.25. The van der Waals surface area contributed by atoms with E-state index in [1.54, 1.807) is 0 Å². The molecule has 5 nitrogen and oxygen atoms in total. The molecule has 0 bridgehead atoms. The number of pyridine rings is 1. The average Bonchev–Trinajstić information content (AvgIpc) is 3.12. The third-order valence-corrected chi connectivity index (χ3v) is 4.10. The van der Waals surface area contributed by atoms with E-state index in [0.29, 0.717) is 18.3 Å². The molecular formula is C18H8F9N3O2. The van der Waals surface area contributed by atoms with Crippen molar-refractivity contribution in [1.82, 2.24) is 14.8 Å². The molecular weight excluding hydrogens is 461 g/mol. The molecule has 14 heteroatoms. The number of carboxylic acid groups (broad SMARTS) is 1. The Morgan fingerprint density at radius 2 is 1.41 bits per heavy atom. The summed E-state index contributed by atoms with van der Waals surface area (Å²) in [5, 5.41) is 12.3. The standard InChI is InChI=1S/C18H8F9N3O2/c19-16(20,21)9-4-8(5-10(6-9)17(22,23)24)12-2-1-3-13(29-12)30-14(18(25,26)27)11(7-28-30)15(31)32/h1-7H,(H,31,32). The Bertz CT molecular complexity index is 1150. The highest BCUT2D eigenvalue weighted by atomic mass is 19.4. The topological polar surface area (TPSA) is 68.0 Å². The van der Waals surface area contributed by atoms with Gasteiger partial charge in [0.05, 0.1) is 23.0 Å². The highest BCUT2D eigenvalue weighted by Gasteiger charge is 2.41. The van der Waals surface area contributed by atoms with Crippen molar-refractivity contribution >= 4 is 5.97 Å². The minimum atomic E-state index is -5.21. The summed E-state index contributed by atoms with van der Waals surface area (Å²) in [5.41, 5.74) is -7.43. The van der Waals surface area contributed by atoms with Gasteiger partial charge in [0, 0.05) is 5.56 Å². The number of rotatable bonds is 3. The highest BCUT2D eigenvalue weighted by molar-refractivity contribution is 5.89. The fourth-order valence-electron chi connectivity index (χ4n) is 2.76. The summed E-state index contributed by atoms with van der Waals surface area (Å²) in [7, 11) is 0. The summed E-state index contributed by atoms with van der Waals surface area (Å²) in [6, 6.07) is 3.54. The van der Waals surface area contributed by atoms with Gasteiger partial charge >= 0.3 is 24.5 Å². The van der Waals surface area contributed by atoms with Gasteiger partial charge in [0.25, 0.3) is 0 Å². The van der Waals surface area contributed by atoms with Crippen LogP contribution >= 0.6 is 0 Å². The lowest BCUT2D eigenvalue weighted by atomic mass is 10.0. The molecule has 0 aliphatic carbocycles. The number of alkyl halides is 9. The van der Waals surface area contributed by atoms with Crippen molar-refractivity contribution in [2.45, 2.75) is 18.5 Å². The van der Waals surface area contributed by atoms with Gasteiger partial charge in [-0.25, -0.2) is 14.5 Å². The lowest BCUT2D eigenvalue weighted by Crippen LogP contribution is -2.18. The molecule has 0 aliphatic rings. The molecule has 0 saturated heterocycles. The van der Waals surface area contributed by atoms with E-state index in [9.17, 15) is 44.3 Å². The fourth-order valence-corrected chi connectivity index (χ4v) is 2.76. The monoisotopic (exact) mass is 469 g/mol. The predicted molar refractivity (Wildman–Crippen MR) is 88.8 cm³/mol. The number of aromatic nitrogens is 3. The molecule has 3 aromatic rings. The number of halogens is 9. The number of hydrogen-bond donors (Lipinski definition) is 1. The molecule has 0 saturated carbocycles. The number of nitrogens with zero attached hydrogens (tertiary/aromatic N) is 3. The van der Waals surface area contributed by atoms with E-state index in [2.05, 4.69) is 10.1 Å². The van der Waals surface area contributed by atoms with E-state index < -0.39 is 64.0 Å². The maximum atomic E-state index is 13.4. The van der Waals surface area contributed by atoms with Gasteiger partial charge in [-0.2, -0.15) is 44.6 Å². The summed E-state index contributed by atoms with van der Waals surface area (Å²) < 4.78 is 119. The van der Waals surface area contributed by atoms with Crippen molar-refractivity contribution in [2.75, 3.05) is 0 Å². The minimum absolute atomic E-state index is 0.0885. The van der Waals surface area contributed by atoms with Crippen LogP contribution in [0.3, 0.4) is 0 Å². The van der Waals surface area contributed by atoms with E-state index >= 15 is 0 Å². The van der Waals surface area contributed by atoms with Crippen LogP contribution in [0.4, 0.5) is 39.5 Å². The molecule has 0 unspecified atom stereocenters. The SMILES string of the molecule is O=C(O)c1cnn(-c2cccc(-c3cc(C(F)(F)F)cc(C(F)(F)F)c3)n2)c1C(F)(F)F. The zero-order valence-electron chi connectivity index (χ0n) is 15.1. The first-order chi connectivity index (χ1) is 14.6. The summed E-state index contributed by atoms with van der Waals surface area (Å²) in [6.07, 6.45) is -15.1. The number of hydrogen-bond acceptors (Lipinski definition) is 3. The molecule has 1 N–H and O–H groups in total. The number of carbonyl (C=O) groups is 1. The number of carboxylic acids is 1. The van der Waals surface area contributed by atoms with E-state index in [-0.39, 0.29) is 10.7 Å². The summed E-state index contributed by atoms with van der Waals surface area (Å²) >= 11 is 0. The summed E-state index contributed by atoms with van der Waals surface area (Å²) in [4.78, 5) is 14.8. The van der Waals surface area contributed by atoms with E-state index in [0.717, 1.165) is 18.2 Å². The van der Waals surface area contributed by atoms with Crippen LogP contribution in [0.25, 0.3) is 17.1 Å². The Hall–Kier alpha value is -3.58. The molecule has 2 aromatic heterocycles. The molecule has 0 radical (unpaired) electrons. The third kappa shape index (κ3) is 4.53. The van der Waals surface area contributed by atoms with Gasteiger partial charge in [0.2, 0.25) is 0 Å². The van der Waals surface area contributed by atoms with Gasteiger partial charge in [0.15, 0.2) is 11.5 Å². The Morgan fingerprint density at radius 3 is 1.88 bits per heavy atom. The van der Waals surface area contributed by atoms with Gasteiger partial charge in [-0.1, -0.05) is 6.07 Å². The highest BCUT2D eigenvalue weighted by Crippen LogP contribution is 2.39. The van der Waals surface area contributed by atoms with Crippen LogP contribution in [-0.4, -0.2) is 25.8 Å². The molecule has 0 aliphatic heterocycles. The van der Waals surface area contributed by atoms with Crippen molar-refractivity contribution in [2.24, 2.45) is 0 Å². The molecule has 0 spiro atoms. The molecule has 1 aromatic carbocycles. The van der Waals surface area contributed by atoms with Gasteiger partial charge in [0.1, 0.15) is 5.56 Å². The van der Waals surface area contributed by atoms with Crippen LogP contribution < -0.4 is 0 Å². The van der Waals surface area contributed by atoms with Gasteiger partial charge in [-0.15, -0.1) is 0 Å². The number of aromatic carboxylic acids is 1. The third-order valence-electron chi connectivity index (χ3n) is 4.10. The quantitative estimate of drug-likeness (QED) is 0.501. The molecule has 170 valence electrons. The normalized spacial score (nSPS) is 12.8. The van der Waals surface area contributed by atoms with Crippen LogP contribution in [0, 0.1) is 0 Å². The molecule has 0 atom stereocenters. The Morgan fingerprint density at radius 1 is 0.844 bits per heavy atom. The van der Waals surface area contributed by atoms with Crippen molar-refractivity contribution in [3.63, 3.8) is 0 Å². The molecule has 0 fully saturated rings. The van der Waals surface area contributed by atoms with Crippen LogP contribution in [0.2, 0.25) is 0 Å². The second-order valence-corrected chi connectivity index (χ2v) is 6.30. The van der Waals surface area contributed by atoms with Crippen molar-refractivity contribution in [3.8, 4) is 17.1 Å². The maximum absolute atomic E-state index is 13.4. The van der Waals surface area contributed by atoms with Crippen LogP contribution in [-0.2, 0) is 18.5 Å². The first-order valence-electron chi connectivity index (χ1n) is 8.25. The predicted octanol–water partition coefficient (Wildman–Crippen LogP) is 5.69. The van der Waals surface area contributed by atoms with E-state index in [1.165, 1.54) is 0 Å². The minimum Gasteiger partial charge on any atom is -0.478 e. The zero-order valence-corrected chi connectivity index (χ0v) is 15.1. The molecule has 32 heavy (non-hydrogen) atoms. The number of benzene rings is 1. The summed E-state index contributed by atoms with van der Waals surface area (Å²) in [6.45, 7) is 0. The average molecular weight is 469 g/mol.